The average Bonchev–Trinajstić information content (AvgIpc) is 2.40. The van der Waals surface area contributed by atoms with E-state index in [2.05, 4.69) is 0 Å². The van der Waals surface area contributed by atoms with Crippen LogP contribution in [0.2, 0.25) is 0 Å². The molecule has 0 bridgehead atoms. The van der Waals surface area contributed by atoms with Crippen molar-refractivity contribution in [1.82, 2.24) is 0 Å². The molecule has 1 heterocycles. The summed E-state index contributed by atoms with van der Waals surface area (Å²) in [6.45, 7) is 1.79. The Morgan fingerprint density at radius 1 is 1.64 bits per heavy atom. The van der Waals surface area contributed by atoms with Crippen molar-refractivity contribution in [1.29, 1.82) is 0 Å². The maximum atomic E-state index is 8.88. The molecule has 0 amide bonds. The van der Waals surface area contributed by atoms with Crippen LogP contribution in [0.5, 0.6) is 0 Å². The van der Waals surface area contributed by atoms with Gasteiger partial charge in [-0.2, -0.15) is 0 Å². The van der Waals surface area contributed by atoms with Gasteiger partial charge in [0.1, 0.15) is 0 Å². The third-order valence-electron chi connectivity index (χ3n) is 1.39. The molecule has 0 radical (unpaired) electrons. The Morgan fingerprint density at radius 2 is 2.36 bits per heavy atom. The Hall–Kier alpha value is -0.640. The van der Waals surface area contributed by atoms with E-state index in [1.807, 2.05) is 17.5 Å². The van der Waals surface area contributed by atoms with Gasteiger partial charge >= 0.3 is 0 Å². The molecule has 0 unspecified atom stereocenters. The Kier molecular flexibility index (Phi) is 2.82. The lowest BCUT2D eigenvalue weighted by atomic mass is 10.2. The van der Waals surface area contributed by atoms with Crippen LogP contribution in [-0.2, 0) is 0 Å². The maximum absolute atomic E-state index is 8.88. The normalized spacial score (nSPS) is 12.5. The van der Waals surface area contributed by atoms with Crippen LogP contribution in [0.4, 0.5) is 0 Å². The summed E-state index contributed by atoms with van der Waals surface area (Å²) in [4.78, 5) is 0.905. The van der Waals surface area contributed by atoms with Crippen LogP contribution < -0.4 is 0 Å². The minimum absolute atomic E-state index is 0.569. The molecule has 3 heteroatoms. The van der Waals surface area contributed by atoms with Gasteiger partial charge in [0.2, 0.25) is 0 Å². The zero-order valence-electron chi connectivity index (χ0n) is 6.19. The van der Waals surface area contributed by atoms with E-state index >= 15 is 0 Å². The fourth-order valence-corrected chi connectivity index (χ4v) is 1.68. The van der Waals surface area contributed by atoms with Crippen molar-refractivity contribution in [3.63, 3.8) is 0 Å². The summed E-state index contributed by atoms with van der Waals surface area (Å²) in [6.07, 6.45) is 0.342. The maximum Gasteiger partial charge on any atom is 0.179 e. The van der Waals surface area contributed by atoms with Crippen molar-refractivity contribution in [2.24, 2.45) is 0 Å². The third kappa shape index (κ3) is 1.89. The van der Waals surface area contributed by atoms with E-state index in [0.717, 1.165) is 4.88 Å². The molecule has 0 spiro atoms. The standard InChI is InChI=1S/C8H10O2S/c1-2-6(8(9)10)7-4-3-5-11-7/h2-5,8-10H,1H3. The fourth-order valence-electron chi connectivity index (χ4n) is 0.861. The monoisotopic (exact) mass is 170 g/mol. The second-order valence-corrected chi connectivity index (χ2v) is 3.04. The summed E-state index contributed by atoms with van der Waals surface area (Å²) >= 11 is 1.50. The van der Waals surface area contributed by atoms with E-state index in [4.69, 9.17) is 10.2 Å². The largest absolute Gasteiger partial charge is 0.364 e. The van der Waals surface area contributed by atoms with E-state index in [9.17, 15) is 0 Å². The number of aliphatic hydroxyl groups excluding tert-OH is 1. The molecule has 0 aliphatic rings. The van der Waals surface area contributed by atoms with Crippen molar-refractivity contribution < 1.29 is 10.2 Å². The molecule has 2 nitrogen and oxygen atoms in total. The van der Waals surface area contributed by atoms with Crippen molar-refractivity contribution in [2.75, 3.05) is 0 Å². The fraction of sp³-hybridized carbons (Fsp3) is 0.250. The van der Waals surface area contributed by atoms with E-state index in [1.54, 1.807) is 13.0 Å². The topological polar surface area (TPSA) is 40.5 Å². The number of thiophene rings is 1. The minimum atomic E-state index is -1.36. The zero-order valence-corrected chi connectivity index (χ0v) is 7.01. The van der Waals surface area contributed by atoms with Crippen LogP contribution in [0.3, 0.4) is 0 Å². The average molecular weight is 170 g/mol. The number of rotatable bonds is 2. The lowest BCUT2D eigenvalue weighted by Gasteiger charge is -2.05. The molecule has 0 atom stereocenters. The lowest BCUT2D eigenvalue weighted by molar-refractivity contribution is 0.0114. The summed E-state index contributed by atoms with van der Waals surface area (Å²) in [7, 11) is 0. The highest BCUT2D eigenvalue weighted by Crippen LogP contribution is 2.21. The van der Waals surface area contributed by atoms with Crippen LogP contribution in [0, 0.1) is 0 Å². The predicted molar refractivity (Wildman–Crippen MR) is 46.2 cm³/mol. The molecule has 2 N–H and O–H groups in total. The summed E-state index contributed by atoms with van der Waals surface area (Å²) in [5.74, 6) is 0. The summed E-state index contributed by atoms with van der Waals surface area (Å²) < 4.78 is 0. The first-order chi connectivity index (χ1) is 5.25. The first kappa shape index (κ1) is 8.46. The Balaban J connectivity index is 2.90. The van der Waals surface area contributed by atoms with Crippen LogP contribution in [0.1, 0.15) is 11.8 Å². The van der Waals surface area contributed by atoms with Gasteiger partial charge in [0, 0.05) is 10.5 Å². The van der Waals surface area contributed by atoms with E-state index < -0.39 is 6.29 Å². The van der Waals surface area contributed by atoms with Gasteiger partial charge < -0.3 is 10.2 Å². The molecule has 60 valence electrons. The molecular formula is C8H10O2S. The number of allylic oxidation sites excluding steroid dienone is 1. The van der Waals surface area contributed by atoms with Crippen molar-refractivity contribution >= 4 is 16.9 Å². The molecule has 11 heavy (non-hydrogen) atoms. The van der Waals surface area contributed by atoms with E-state index in [0.29, 0.717) is 5.57 Å². The third-order valence-corrected chi connectivity index (χ3v) is 2.31. The predicted octanol–water partition coefficient (Wildman–Crippen LogP) is 1.46. The highest BCUT2D eigenvalue weighted by Gasteiger charge is 2.08. The molecule has 1 rings (SSSR count). The van der Waals surface area contributed by atoms with Crippen LogP contribution in [0.15, 0.2) is 23.6 Å². The minimum Gasteiger partial charge on any atom is -0.364 e. The molecule has 0 saturated heterocycles. The molecule has 0 fully saturated rings. The second-order valence-electron chi connectivity index (χ2n) is 2.09. The van der Waals surface area contributed by atoms with Gasteiger partial charge in [-0.1, -0.05) is 12.1 Å². The number of hydrogen-bond acceptors (Lipinski definition) is 3. The molecule has 0 aliphatic carbocycles. The first-order valence-corrected chi connectivity index (χ1v) is 4.20. The van der Waals surface area contributed by atoms with Crippen LogP contribution in [0.25, 0.3) is 5.57 Å². The van der Waals surface area contributed by atoms with Gasteiger partial charge in [-0.05, 0) is 18.4 Å². The summed E-state index contributed by atoms with van der Waals surface area (Å²) in [5.41, 5.74) is 0.569. The molecule has 1 aromatic rings. The van der Waals surface area contributed by atoms with Gasteiger partial charge in [-0.3, -0.25) is 0 Å². The quantitative estimate of drug-likeness (QED) is 0.660. The van der Waals surface area contributed by atoms with Crippen molar-refractivity contribution in [3.05, 3.63) is 28.5 Å². The highest BCUT2D eigenvalue weighted by molar-refractivity contribution is 7.11. The molecular weight excluding hydrogens is 160 g/mol. The number of aliphatic hydroxyl groups is 2. The van der Waals surface area contributed by atoms with Crippen LogP contribution in [-0.4, -0.2) is 16.5 Å². The van der Waals surface area contributed by atoms with Crippen molar-refractivity contribution in [2.45, 2.75) is 13.2 Å². The van der Waals surface area contributed by atoms with E-state index in [-0.39, 0.29) is 0 Å². The van der Waals surface area contributed by atoms with Gasteiger partial charge in [0.15, 0.2) is 6.29 Å². The van der Waals surface area contributed by atoms with Gasteiger partial charge in [-0.25, -0.2) is 0 Å². The Labute approximate surface area is 69.4 Å². The molecule has 0 aliphatic heterocycles. The van der Waals surface area contributed by atoms with E-state index in [1.165, 1.54) is 11.3 Å². The zero-order chi connectivity index (χ0) is 8.27. The Morgan fingerprint density at radius 3 is 2.73 bits per heavy atom. The SMILES string of the molecule is CC=C(c1cccs1)C(O)O. The highest BCUT2D eigenvalue weighted by atomic mass is 32.1. The smallest absolute Gasteiger partial charge is 0.179 e. The molecule has 0 saturated carbocycles. The van der Waals surface area contributed by atoms with Gasteiger partial charge in [0.25, 0.3) is 0 Å². The molecule has 0 aromatic carbocycles. The second kappa shape index (κ2) is 3.67. The lowest BCUT2D eigenvalue weighted by Crippen LogP contribution is -2.05. The van der Waals surface area contributed by atoms with Gasteiger partial charge in [-0.15, -0.1) is 11.3 Å². The first-order valence-electron chi connectivity index (χ1n) is 3.32. The summed E-state index contributed by atoms with van der Waals surface area (Å²) in [5, 5.41) is 19.7. The number of hydrogen-bond donors (Lipinski definition) is 2. The summed E-state index contributed by atoms with van der Waals surface area (Å²) in [6, 6.07) is 3.74. The van der Waals surface area contributed by atoms with Gasteiger partial charge in [0.05, 0.1) is 0 Å². The molecule has 1 aromatic heterocycles. The van der Waals surface area contributed by atoms with Crippen molar-refractivity contribution in [3.8, 4) is 0 Å². The Bertz CT molecular complexity index is 237. The van der Waals surface area contributed by atoms with Crippen LogP contribution >= 0.6 is 11.3 Å².